The molecule has 0 aliphatic heterocycles. The number of imidazole rings is 1. The van der Waals surface area contributed by atoms with Crippen molar-refractivity contribution in [3.63, 3.8) is 0 Å². The summed E-state index contributed by atoms with van der Waals surface area (Å²) in [5.41, 5.74) is 0. The number of benzene rings is 1. The topological polar surface area (TPSA) is 34.9 Å². The van der Waals surface area contributed by atoms with E-state index in [1.165, 1.54) is 30.5 Å². The number of nitrogens with zero attached hydrogens (tertiary/aromatic N) is 2. The average molecular weight is 274 g/mol. The molecule has 0 aliphatic carbocycles. The first kappa shape index (κ1) is 12.8. The van der Waals surface area contributed by atoms with Crippen LogP contribution >= 0.6 is 0 Å². The molecular formula is C11H9F3N2OS. The number of aromatic nitrogens is 2. The molecule has 0 radical (unpaired) electrons. The molecule has 1 heterocycles. The van der Waals surface area contributed by atoms with Crippen LogP contribution in [0.25, 0.3) is 0 Å². The lowest BCUT2D eigenvalue weighted by Crippen LogP contribution is -2.07. The maximum Gasteiger partial charge on any atom is 0.319 e. The van der Waals surface area contributed by atoms with Gasteiger partial charge in [-0.05, 0) is 12.1 Å². The van der Waals surface area contributed by atoms with Gasteiger partial charge in [0.2, 0.25) is 0 Å². The summed E-state index contributed by atoms with van der Waals surface area (Å²) < 4.78 is 50.9. The lowest BCUT2D eigenvalue weighted by molar-refractivity contribution is 0.0677. The maximum atomic E-state index is 13.4. The first-order valence-corrected chi connectivity index (χ1v) is 6.34. The molecule has 2 aromatic rings. The standard InChI is InChI=1S/C11H9F3N2OS/c12-8-3-1-2-4-9(8)18(17)7-10-15-5-6-16(10)11(13)14/h1-6,11H,7H2. The van der Waals surface area contributed by atoms with Crippen molar-refractivity contribution in [2.45, 2.75) is 17.2 Å². The third-order valence-corrected chi connectivity index (χ3v) is 3.64. The SMILES string of the molecule is O=S(Cc1nccn1C(F)F)c1ccccc1F. The van der Waals surface area contributed by atoms with Gasteiger partial charge in [0.25, 0.3) is 0 Å². The summed E-state index contributed by atoms with van der Waals surface area (Å²) in [5.74, 6) is -0.907. The van der Waals surface area contributed by atoms with Gasteiger partial charge < -0.3 is 0 Å². The van der Waals surface area contributed by atoms with Crippen LogP contribution in [0.4, 0.5) is 13.2 Å². The summed E-state index contributed by atoms with van der Waals surface area (Å²) in [5, 5.41) is 0. The quantitative estimate of drug-likeness (QED) is 0.859. The van der Waals surface area contributed by atoms with Gasteiger partial charge in [-0.25, -0.2) is 9.37 Å². The van der Waals surface area contributed by atoms with Crippen LogP contribution in [0, 0.1) is 5.82 Å². The fraction of sp³-hybridized carbons (Fsp3) is 0.182. The van der Waals surface area contributed by atoms with Crippen molar-refractivity contribution in [3.05, 3.63) is 48.3 Å². The van der Waals surface area contributed by atoms with Gasteiger partial charge in [0.1, 0.15) is 11.6 Å². The van der Waals surface area contributed by atoms with E-state index in [4.69, 9.17) is 0 Å². The Morgan fingerprint density at radius 1 is 1.33 bits per heavy atom. The molecule has 0 amide bonds. The largest absolute Gasteiger partial charge is 0.319 e. The molecule has 3 nitrogen and oxygen atoms in total. The molecule has 1 aromatic carbocycles. The van der Waals surface area contributed by atoms with E-state index in [0.717, 1.165) is 6.20 Å². The second-order valence-corrected chi connectivity index (χ2v) is 4.87. The Balaban J connectivity index is 2.22. The van der Waals surface area contributed by atoms with Crippen molar-refractivity contribution in [2.24, 2.45) is 0 Å². The van der Waals surface area contributed by atoms with Crippen LogP contribution in [-0.4, -0.2) is 13.8 Å². The van der Waals surface area contributed by atoms with E-state index >= 15 is 0 Å². The van der Waals surface area contributed by atoms with Gasteiger partial charge in [0.05, 0.1) is 21.4 Å². The average Bonchev–Trinajstić information content (AvgIpc) is 2.77. The number of alkyl halides is 2. The second kappa shape index (κ2) is 5.34. The van der Waals surface area contributed by atoms with Gasteiger partial charge in [0, 0.05) is 12.4 Å². The van der Waals surface area contributed by atoms with Crippen molar-refractivity contribution in [1.82, 2.24) is 9.55 Å². The summed E-state index contributed by atoms with van der Waals surface area (Å²) in [4.78, 5) is 3.69. The molecule has 1 aromatic heterocycles. The highest BCUT2D eigenvalue weighted by molar-refractivity contribution is 7.84. The monoisotopic (exact) mass is 274 g/mol. The number of halogens is 3. The van der Waals surface area contributed by atoms with Crippen LogP contribution < -0.4 is 0 Å². The highest BCUT2D eigenvalue weighted by Gasteiger charge is 2.16. The fourth-order valence-corrected chi connectivity index (χ4v) is 2.59. The third-order valence-electron chi connectivity index (χ3n) is 2.30. The Labute approximate surface area is 104 Å². The predicted octanol–water partition coefficient (Wildman–Crippen LogP) is 2.73. The minimum absolute atomic E-state index is 0.0127. The molecule has 0 spiro atoms. The van der Waals surface area contributed by atoms with Gasteiger partial charge in [-0.15, -0.1) is 0 Å². The van der Waals surface area contributed by atoms with E-state index in [1.807, 2.05) is 0 Å². The van der Waals surface area contributed by atoms with Crippen LogP contribution in [-0.2, 0) is 16.6 Å². The lowest BCUT2D eigenvalue weighted by atomic mass is 10.3. The summed E-state index contributed by atoms with van der Waals surface area (Å²) in [6.07, 6.45) is 2.29. The van der Waals surface area contributed by atoms with E-state index in [9.17, 15) is 17.4 Å². The highest BCUT2D eigenvalue weighted by atomic mass is 32.2. The zero-order valence-corrected chi connectivity index (χ0v) is 9.91. The van der Waals surface area contributed by atoms with Crippen LogP contribution in [0.15, 0.2) is 41.6 Å². The molecule has 0 saturated carbocycles. The zero-order valence-electron chi connectivity index (χ0n) is 9.09. The molecular weight excluding hydrogens is 265 g/mol. The van der Waals surface area contributed by atoms with Crippen molar-refractivity contribution in [1.29, 1.82) is 0 Å². The van der Waals surface area contributed by atoms with Gasteiger partial charge in [-0.3, -0.25) is 8.78 Å². The molecule has 1 unspecified atom stereocenters. The van der Waals surface area contributed by atoms with Crippen molar-refractivity contribution in [2.75, 3.05) is 0 Å². The maximum absolute atomic E-state index is 13.4. The minimum atomic E-state index is -2.75. The van der Waals surface area contributed by atoms with Crippen molar-refractivity contribution in [3.8, 4) is 0 Å². The van der Waals surface area contributed by atoms with Gasteiger partial charge in [0.15, 0.2) is 0 Å². The van der Waals surface area contributed by atoms with E-state index in [-0.39, 0.29) is 16.5 Å². The van der Waals surface area contributed by atoms with E-state index in [1.54, 1.807) is 0 Å². The Hall–Kier alpha value is -1.63. The van der Waals surface area contributed by atoms with Crippen LogP contribution in [0.3, 0.4) is 0 Å². The zero-order chi connectivity index (χ0) is 13.1. The normalized spacial score (nSPS) is 12.9. The summed E-state index contributed by atoms with van der Waals surface area (Å²) >= 11 is 0. The van der Waals surface area contributed by atoms with Crippen molar-refractivity contribution < 1.29 is 17.4 Å². The molecule has 18 heavy (non-hydrogen) atoms. The molecule has 0 fully saturated rings. The van der Waals surface area contributed by atoms with E-state index in [2.05, 4.69) is 4.98 Å². The molecule has 1 atom stereocenters. The Kier molecular flexibility index (Phi) is 3.81. The highest BCUT2D eigenvalue weighted by Crippen LogP contribution is 2.18. The lowest BCUT2D eigenvalue weighted by Gasteiger charge is -2.06. The first-order chi connectivity index (χ1) is 8.59. The summed E-state index contributed by atoms with van der Waals surface area (Å²) in [6, 6.07) is 5.54. The van der Waals surface area contributed by atoms with Gasteiger partial charge in [-0.2, -0.15) is 8.78 Å². The Bertz CT molecular complexity index is 571. The Morgan fingerprint density at radius 3 is 2.72 bits per heavy atom. The minimum Gasteiger partial charge on any atom is -0.277 e. The van der Waals surface area contributed by atoms with Crippen LogP contribution in [0.1, 0.15) is 12.4 Å². The van der Waals surface area contributed by atoms with E-state index < -0.39 is 23.2 Å². The summed E-state index contributed by atoms with van der Waals surface area (Å²) in [6.45, 7) is -2.75. The smallest absolute Gasteiger partial charge is 0.277 e. The molecule has 0 saturated heterocycles. The van der Waals surface area contributed by atoms with Crippen LogP contribution in [0.2, 0.25) is 0 Å². The van der Waals surface area contributed by atoms with E-state index in [0.29, 0.717) is 4.57 Å². The van der Waals surface area contributed by atoms with Gasteiger partial charge in [-0.1, -0.05) is 12.1 Å². The molecule has 7 heteroatoms. The number of hydrogen-bond acceptors (Lipinski definition) is 2. The summed E-state index contributed by atoms with van der Waals surface area (Å²) in [7, 11) is -1.74. The molecule has 0 N–H and O–H groups in total. The van der Waals surface area contributed by atoms with Gasteiger partial charge >= 0.3 is 6.55 Å². The molecule has 0 bridgehead atoms. The third kappa shape index (κ3) is 2.61. The predicted molar refractivity (Wildman–Crippen MR) is 60.0 cm³/mol. The van der Waals surface area contributed by atoms with Crippen molar-refractivity contribution >= 4 is 10.8 Å². The van der Waals surface area contributed by atoms with Crippen LogP contribution in [0.5, 0.6) is 0 Å². The fourth-order valence-electron chi connectivity index (χ4n) is 1.46. The number of rotatable bonds is 4. The molecule has 0 aliphatic rings. The molecule has 2 rings (SSSR count). The first-order valence-electron chi connectivity index (χ1n) is 5.02. The second-order valence-electron chi connectivity index (χ2n) is 3.45. The molecule has 96 valence electrons. The number of hydrogen-bond donors (Lipinski definition) is 0. The Morgan fingerprint density at radius 2 is 2.06 bits per heavy atom.